The molecule has 0 bridgehead atoms. The zero-order valence-electron chi connectivity index (χ0n) is 14.4. The van der Waals surface area contributed by atoms with Crippen molar-refractivity contribution >= 4 is 21.8 Å². The second-order valence-corrected chi connectivity index (χ2v) is 8.05. The van der Waals surface area contributed by atoms with E-state index in [-0.39, 0.29) is 17.4 Å². The standard InChI is InChI=1S/C17H28BrN3O/c1-12(16(2,3)11-21(5)6)20-15(22)17(4,19)13-7-9-14(18)10-8-13/h7-10,12H,11,19H2,1-6H3,(H,20,22). The molecule has 0 aromatic heterocycles. The van der Waals surface area contributed by atoms with Gasteiger partial charge in [-0.05, 0) is 51.1 Å². The maximum Gasteiger partial charge on any atom is 0.244 e. The third-order valence-corrected chi connectivity index (χ3v) is 4.69. The number of carbonyl (C=O) groups is 1. The van der Waals surface area contributed by atoms with E-state index in [1.807, 2.05) is 45.3 Å². The Morgan fingerprint density at radius 1 is 1.27 bits per heavy atom. The van der Waals surface area contributed by atoms with Crippen LogP contribution in [0.3, 0.4) is 0 Å². The van der Waals surface area contributed by atoms with Gasteiger partial charge >= 0.3 is 0 Å². The number of rotatable bonds is 6. The van der Waals surface area contributed by atoms with Crippen LogP contribution in [0.4, 0.5) is 0 Å². The maximum atomic E-state index is 12.6. The molecule has 4 nitrogen and oxygen atoms in total. The SMILES string of the molecule is CC(NC(=O)C(C)(N)c1ccc(Br)cc1)C(C)(C)CN(C)C. The van der Waals surface area contributed by atoms with Crippen LogP contribution >= 0.6 is 15.9 Å². The van der Waals surface area contributed by atoms with Gasteiger partial charge in [0.05, 0.1) is 0 Å². The van der Waals surface area contributed by atoms with Gasteiger partial charge in [0.15, 0.2) is 0 Å². The second-order valence-electron chi connectivity index (χ2n) is 7.13. The van der Waals surface area contributed by atoms with Gasteiger partial charge in [0.2, 0.25) is 5.91 Å². The van der Waals surface area contributed by atoms with Crippen molar-refractivity contribution in [3.05, 3.63) is 34.3 Å². The van der Waals surface area contributed by atoms with Gasteiger partial charge in [-0.2, -0.15) is 0 Å². The van der Waals surface area contributed by atoms with Crippen LogP contribution < -0.4 is 11.1 Å². The number of benzene rings is 1. The van der Waals surface area contributed by atoms with Crippen LogP contribution in [-0.2, 0) is 10.3 Å². The highest BCUT2D eigenvalue weighted by Crippen LogP contribution is 2.24. The van der Waals surface area contributed by atoms with Crippen molar-refractivity contribution in [1.82, 2.24) is 10.2 Å². The van der Waals surface area contributed by atoms with E-state index in [0.717, 1.165) is 16.6 Å². The van der Waals surface area contributed by atoms with Gasteiger partial charge in [-0.3, -0.25) is 4.79 Å². The van der Waals surface area contributed by atoms with E-state index < -0.39 is 5.54 Å². The van der Waals surface area contributed by atoms with Crippen molar-refractivity contribution in [3.8, 4) is 0 Å². The number of amides is 1. The Bertz CT molecular complexity index is 509. The molecule has 3 N–H and O–H groups in total. The van der Waals surface area contributed by atoms with Gasteiger partial charge in [0, 0.05) is 17.1 Å². The first-order valence-corrected chi connectivity index (χ1v) is 8.27. The minimum Gasteiger partial charge on any atom is -0.351 e. The molecule has 0 heterocycles. The number of carbonyl (C=O) groups excluding carboxylic acids is 1. The van der Waals surface area contributed by atoms with Gasteiger partial charge in [0.25, 0.3) is 0 Å². The number of nitrogens with one attached hydrogen (secondary N) is 1. The van der Waals surface area contributed by atoms with Gasteiger partial charge in [-0.25, -0.2) is 0 Å². The summed E-state index contributed by atoms with van der Waals surface area (Å²) in [6.45, 7) is 8.95. The second kappa shape index (κ2) is 7.11. The van der Waals surface area contributed by atoms with Crippen LogP contribution in [0.25, 0.3) is 0 Å². The highest BCUT2D eigenvalue weighted by atomic mass is 79.9. The number of hydrogen-bond donors (Lipinski definition) is 2. The Morgan fingerprint density at radius 3 is 2.23 bits per heavy atom. The Balaban J connectivity index is 2.84. The molecule has 22 heavy (non-hydrogen) atoms. The Kier molecular flexibility index (Phi) is 6.18. The Hall–Kier alpha value is -0.910. The summed E-state index contributed by atoms with van der Waals surface area (Å²) in [6, 6.07) is 7.56. The van der Waals surface area contributed by atoms with Crippen LogP contribution in [0.2, 0.25) is 0 Å². The molecule has 0 aliphatic heterocycles. The average molecular weight is 370 g/mol. The van der Waals surface area contributed by atoms with Gasteiger partial charge in [0.1, 0.15) is 5.54 Å². The van der Waals surface area contributed by atoms with Crippen LogP contribution in [0.5, 0.6) is 0 Å². The minimum atomic E-state index is -1.05. The van der Waals surface area contributed by atoms with E-state index >= 15 is 0 Å². The van der Waals surface area contributed by atoms with Gasteiger partial charge in [-0.15, -0.1) is 0 Å². The predicted octanol–water partition coefficient (Wildman–Crippen LogP) is 2.72. The highest BCUT2D eigenvalue weighted by molar-refractivity contribution is 9.10. The third kappa shape index (κ3) is 4.80. The van der Waals surface area contributed by atoms with Crippen LogP contribution in [0.15, 0.2) is 28.7 Å². The van der Waals surface area contributed by atoms with Crippen molar-refractivity contribution in [2.75, 3.05) is 20.6 Å². The minimum absolute atomic E-state index is 0.0146. The van der Waals surface area contributed by atoms with Crippen molar-refractivity contribution < 1.29 is 4.79 Å². The molecule has 2 unspecified atom stereocenters. The fraction of sp³-hybridized carbons (Fsp3) is 0.588. The molecule has 0 fully saturated rings. The molecule has 0 radical (unpaired) electrons. The lowest BCUT2D eigenvalue weighted by atomic mass is 9.83. The third-order valence-electron chi connectivity index (χ3n) is 4.16. The Labute approximate surface area is 142 Å². The van der Waals surface area contributed by atoms with Crippen molar-refractivity contribution in [2.45, 2.75) is 39.3 Å². The fourth-order valence-corrected chi connectivity index (χ4v) is 2.69. The summed E-state index contributed by atoms with van der Waals surface area (Å²) in [7, 11) is 4.07. The lowest BCUT2D eigenvalue weighted by Gasteiger charge is -2.36. The van der Waals surface area contributed by atoms with E-state index in [0.29, 0.717) is 0 Å². The summed E-state index contributed by atoms with van der Waals surface area (Å²) in [5, 5.41) is 3.08. The molecule has 1 aromatic carbocycles. The van der Waals surface area contributed by atoms with Crippen molar-refractivity contribution in [1.29, 1.82) is 0 Å². The smallest absolute Gasteiger partial charge is 0.244 e. The zero-order chi connectivity index (χ0) is 17.1. The number of nitrogens with two attached hydrogens (primary N) is 1. The highest BCUT2D eigenvalue weighted by Gasteiger charge is 2.35. The lowest BCUT2D eigenvalue weighted by molar-refractivity contribution is -0.127. The normalized spacial score (nSPS) is 16.2. The quantitative estimate of drug-likeness (QED) is 0.810. The largest absolute Gasteiger partial charge is 0.351 e. The van der Waals surface area contributed by atoms with E-state index in [1.54, 1.807) is 6.92 Å². The molecular weight excluding hydrogens is 342 g/mol. The molecule has 0 saturated heterocycles. The molecule has 1 amide bonds. The zero-order valence-corrected chi connectivity index (χ0v) is 16.0. The monoisotopic (exact) mass is 369 g/mol. The molecule has 0 aliphatic rings. The summed E-state index contributed by atoms with van der Waals surface area (Å²) < 4.78 is 0.966. The predicted molar refractivity (Wildman–Crippen MR) is 95.6 cm³/mol. The van der Waals surface area contributed by atoms with E-state index in [9.17, 15) is 4.79 Å². The number of halogens is 1. The fourth-order valence-electron chi connectivity index (χ4n) is 2.42. The maximum absolute atomic E-state index is 12.6. The molecule has 0 aliphatic carbocycles. The topological polar surface area (TPSA) is 58.4 Å². The summed E-state index contributed by atoms with van der Waals surface area (Å²) in [5.74, 6) is -0.158. The molecular formula is C17H28BrN3O. The van der Waals surface area contributed by atoms with Crippen LogP contribution in [-0.4, -0.2) is 37.5 Å². The summed E-state index contributed by atoms with van der Waals surface area (Å²) in [6.07, 6.45) is 0. The lowest BCUT2D eigenvalue weighted by Crippen LogP contribution is -2.55. The molecule has 5 heteroatoms. The van der Waals surface area contributed by atoms with Crippen LogP contribution in [0, 0.1) is 5.41 Å². The van der Waals surface area contributed by atoms with Crippen molar-refractivity contribution in [2.24, 2.45) is 11.1 Å². The molecule has 1 rings (SSSR count). The van der Waals surface area contributed by atoms with Gasteiger partial charge in [-0.1, -0.05) is 41.9 Å². The summed E-state index contributed by atoms with van der Waals surface area (Å²) in [4.78, 5) is 14.8. The van der Waals surface area contributed by atoms with E-state index in [4.69, 9.17) is 5.73 Å². The first-order valence-electron chi connectivity index (χ1n) is 7.47. The molecule has 1 aromatic rings. The molecule has 2 atom stereocenters. The number of nitrogens with zero attached hydrogens (tertiary/aromatic N) is 1. The van der Waals surface area contributed by atoms with E-state index in [1.165, 1.54) is 0 Å². The molecule has 124 valence electrons. The molecule has 0 spiro atoms. The average Bonchev–Trinajstić information content (AvgIpc) is 2.37. The Morgan fingerprint density at radius 2 is 1.77 bits per heavy atom. The van der Waals surface area contributed by atoms with E-state index in [2.05, 4.69) is 40.0 Å². The van der Waals surface area contributed by atoms with Gasteiger partial charge < -0.3 is 16.0 Å². The number of hydrogen-bond acceptors (Lipinski definition) is 3. The van der Waals surface area contributed by atoms with Crippen molar-refractivity contribution in [3.63, 3.8) is 0 Å². The first kappa shape index (κ1) is 19.1. The van der Waals surface area contributed by atoms with Crippen LogP contribution in [0.1, 0.15) is 33.3 Å². The summed E-state index contributed by atoms with van der Waals surface area (Å²) in [5.41, 5.74) is 5.98. The first-order chi connectivity index (χ1) is 9.96. The summed E-state index contributed by atoms with van der Waals surface area (Å²) >= 11 is 3.39. The molecule has 0 saturated carbocycles.